The summed E-state index contributed by atoms with van der Waals surface area (Å²) in [7, 11) is 0. The Balaban J connectivity index is 2.48. The van der Waals surface area contributed by atoms with Crippen molar-refractivity contribution in [1.29, 1.82) is 0 Å². The van der Waals surface area contributed by atoms with Crippen LogP contribution in [0, 0.1) is 17.0 Å². The van der Waals surface area contributed by atoms with Crippen LogP contribution >= 0.6 is 11.6 Å². The molecule has 1 heterocycles. The number of aromatic carboxylic acids is 1. The van der Waals surface area contributed by atoms with Crippen LogP contribution in [-0.2, 0) is 0 Å². The lowest BCUT2D eigenvalue weighted by Crippen LogP contribution is -2.02. The summed E-state index contributed by atoms with van der Waals surface area (Å²) in [6.45, 7) is 1.65. The summed E-state index contributed by atoms with van der Waals surface area (Å²) in [6.07, 6.45) is 1.39. The van der Waals surface area contributed by atoms with Gasteiger partial charge in [-0.25, -0.2) is 9.78 Å². The summed E-state index contributed by atoms with van der Waals surface area (Å²) in [6, 6.07) is 5.22. The van der Waals surface area contributed by atoms with Crippen molar-refractivity contribution in [1.82, 2.24) is 4.98 Å². The number of nitro groups is 1. The van der Waals surface area contributed by atoms with E-state index in [-0.39, 0.29) is 27.9 Å². The largest absolute Gasteiger partial charge is 0.478 e. The van der Waals surface area contributed by atoms with Crippen LogP contribution in [-0.4, -0.2) is 21.0 Å². The minimum atomic E-state index is -1.26. The van der Waals surface area contributed by atoms with E-state index in [4.69, 9.17) is 21.4 Å². The smallest absolute Gasteiger partial charge is 0.339 e. The lowest BCUT2D eigenvalue weighted by atomic mass is 10.2. The number of nitrogens with zero attached hydrogens (tertiary/aromatic N) is 2. The standard InChI is InChI=1S/C13H9ClN2O5/c1-7-4-10(16(19)20)12(15-6-7)21-11-3-2-8(14)5-9(11)13(17)18/h2-6H,1H3,(H,17,18). The van der Waals surface area contributed by atoms with Crippen molar-refractivity contribution in [3.05, 3.63) is 56.7 Å². The van der Waals surface area contributed by atoms with Crippen LogP contribution in [0.25, 0.3) is 0 Å². The molecule has 0 radical (unpaired) electrons. The van der Waals surface area contributed by atoms with Gasteiger partial charge in [0.15, 0.2) is 0 Å². The van der Waals surface area contributed by atoms with Crippen LogP contribution < -0.4 is 4.74 Å². The molecule has 0 saturated carbocycles. The number of aryl methyl sites for hydroxylation is 1. The van der Waals surface area contributed by atoms with Gasteiger partial charge in [-0.15, -0.1) is 0 Å². The molecule has 108 valence electrons. The number of rotatable bonds is 4. The van der Waals surface area contributed by atoms with E-state index < -0.39 is 10.9 Å². The Bertz CT molecular complexity index is 671. The summed E-state index contributed by atoms with van der Waals surface area (Å²) < 4.78 is 5.28. The highest BCUT2D eigenvalue weighted by atomic mass is 35.5. The molecule has 7 nitrogen and oxygen atoms in total. The topological polar surface area (TPSA) is 103 Å². The number of benzene rings is 1. The van der Waals surface area contributed by atoms with Gasteiger partial charge >= 0.3 is 11.7 Å². The van der Waals surface area contributed by atoms with E-state index in [1.807, 2.05) is 0 Å². The van der Waals surface area contributed by atoms with Crippen LogP contribution in [0.5, 0.6) is 11.6 Å². The molecule has 8 heteroatoms. The first-order valence-electron chi connectivity index (χ1n) is 5.70. The molecule has 0 spiro atoms. The maximum absolute atomic E-state index is 11.1. The second-order valence-corrected chi connectivity index (χ2v) is 4.58. The molecule has 0 fully saturated rings. The summed E-state index contributed by atoms with van der Waals surface area (Å²) in [5, 5.41) is 20.3. The van der Waals surface area contributed by atoms with Crippen LogP contribution in [0.15, 0.2) is 30.5 Å². The van der Waals surface area contributed by atoms with Crippen molar-refractivity contribution in [2.24, 2.45) is 0 Å². The Morgan fingerprint density at radius 1 is 1.43 bits per heavy atom. The van der Waals surface area contributed by atoms with Gasteiger partial charge in [0.1, 0.15) is 11.3 Å². The van der Waals surface area contributed by atoms with Gasteiger partial charge in [0.25, 0.3) is 5.88 Å². The highest BCUT2D eigenvalue weighted by Crippen LogP contribution is 2.32. The first kappa shape index (κ1) is 14.7. The van der Waals surface area contributed by atoms with Gasteiger partial charge in [0, 0.05) is 17.3 Å². The molecule has 1 aromatic heterocycles. The Morgan fingerprint density at radius 2 is 2.14 bits per heavy atom. The summed E-state index contributed by atoms with van der Waals surface area (Å²) >= 11 is 5.72. The van der Waals surface area contributed by atoms with E-state index in [0.717, 1.165) is 0 Å². The van der Waals surface area contributed by atoms with Crippen LogP contribution in [0.3, 0.4) is 0 Å². The summed E-state index contributed by atoms with van der Waals surface area (Å²) in [5.74, 6) is -1.62. The van der Waals surface area contributed by atoms with E-state index in [9.17, 15) is 14.9 Å². The highest BCUT2D eigenvalue weighted by Gasteiger charge is 2.20. The van der Waals surface area contributed by atoms with E-state index in [1.54, 1.807) is 6.92 Å². The van der Waals surface area contributed by atoms with Crippen molar-refractivity contribution >= 4 is 23.3 Å². The number of pyridine rings is 1. The third-order valence-corrected chi connectivity index (χ3v) is 2.78. The fourth-order valence-electron chi connectivity index (χ4n) is 1.61. The minimum Gasteiger partial charge on any atom is -0.478 e. The highest BCUT2D eigenvalue weighted by molar-refractivity contribution is 6.31. The van der Waals surface area contributed by atoms with Crippen molar-refractivity contribution in [2.75, 3.05) is 0 Å². The molecule has 0 amide bonds. The predicted molar refractivity (Wildman–Crippen MR) is 74.1 cm³/mol. The Morgan fingerprint density at radius 3 is 2.76 bits per heavy atom. The zero-order valence-corrected chi connectivity index (χ0v) is 11.5. The fraction of sp³-hybridized carbons (Fsp3) is 0.0769. The number of carboxylic acids is 1. The molecule has 0 atom stereocenters. The second-order valence-electron chi connectivity index (χ2n) is 4.14. The number of carboxylic acid groups (broad SMARTS) is 1. The van der Waals surface area contributed by atoms with Gasteiger partial charge < -0.3 is 9.84 Å². The Kier molecular flexibility index (Phi) is 4.04. The lowest BCUT2D eigenvalue weighted by Gasteiger charge is -2.08. The maximum Gasteiger partial charge on any atom is 0.339 e. The number of carbonyl (C=O) groups is 1. The van der Waals surface area contributed by atoms with E-state index >= 15 is 0 Å². The number of hydrogen-bond acceptors (Lipinski definition) is 5. The molecule has 1 N–H and O–H groups in total. The average molecular weight is 309 g/mol. The lowest BCUT2D eigenvalue weighted by molar-refractivity contribution is -0.386. The molecule has 1 aromatic carbocycles. The zero-order chi connectivity index (χ0) is 15.6. The number of hydrogen-bond donors (Lipinski definition) is 1. The van der Waals surface area contributed by atoms with Crippen LogP contribution in [0.1, 0.15) is 15.9 Å². The first-order chi connectivity index (χ1) is 9.88. The molecule has 2 aromatic rings. The monoisotopic (exact) mass is 308 g/mol. The minimum absolute atomic E-state index is 0.0775. The average Bonchev–Trinajstić information content (AvgIpc) is 2.42. The Labute approximate surface area is 123 Å². The van der Waals surface area contributed by atoms with E-state index in [2.05, 4.69) is 4.98 Å². The summed E-state index contributed by atoms with van der Waals surface area (Å²) in [5.41, 5.74) is 0.0316. The van der Waals surface area contributed by atoms with Crippen molar-refractivity contribution in [2.45, 2.75) is 6.92 Å². The molecule has 0 aliphatic heterocycles. The predicted octanol–water partition coefficient (Wildman–Crippen LogP) is 3.44. The van der Waals surface area contributed by atoms with E-state index in [1.165, 1.54) is 30.5 Å². The third-order valence-electron chi connectivity index (χ3n) is 2.54. The molecule has 0 aliphatic carbocycles. The normalized spacial score (nSPS) is 10.2. The Hall–Kier alpha value is -2.67. The van der Waals surface area contributed by atoms with Crippen molar-refractivity contribution in [3.63, 3.8) is 0 Å². The van der Waals surface area contributed by atoms with Crippen LogP contribution in [0.2, 0.25) is 5.02 Å². The number of halogens is 1. The first-order valence-corrected chi connectivity index (χ1v) is 6.08. The molecule has 2 rings (SSSR count). The quantitative estimate of drug-likeness (QED) is 0.685. The zero-order valence-electron chi connectivity index (χ0n) is 10.7. The van der Waals surface area contributed by atoms with E-state index in [0.29, 0.717) is 5.56 Å². The maximum atomic E-state index is 11.1. The molecule has 0 saturated heterocycles. The van der Waals surface area contributed by atoms with Crippen molar-refractivity contribution < 1.29 is 19.6 Å². The molecule has 0 unspecified atom stereocenters. The third kappa shape index (κ3) is 3.26. The van der Waals surface area contributed by atoms with Gasteiger partial charge in [-0.2, -0.15) is 0 Å². The van der Waals surface area contributed by atoms with Crippen molar-refractivity contribution in [3.8, 4) is 11.6 Å². The van der Waals surface area contributed by atoms with Gasteiger partial charge in [-0.3, -0.25) is 10.1 Å². The van der Waals surface area contributed by atoms with Gasteiger partial charge in [-0.05, 0) is 30.7 Å². The molecule has 0 aliphatic rings. The second kappa shape index (κ2) is 5.76. The molecule has 21 heavy (non-hydrogen) atoms. The van der Waals surface area contributed by atoms with Crippen LogP contribution in [0.4, 0.5) is 5.69 Å². The molecular weight excluding hydrogens is 300 g/mol. The SMILES string of the molecule is Cc1cnc(Oc2ccc(Cl)cc2C(=O)O)c([N+](=O)[O-])c1. The summed E-state index contributed by atoms with van der Waals surface area (Å²) in [4.78, 5) is 25.3. The molecular formula is C13H9ClN2O5. The van der Waals surface area contributed by atoms with Gasteiger partial charge in [-0.1, -0.05) is 11.6 Å². The van der Waals surface area contributed by atoms with Gasteiger partial charge in [0.05, 0.1) is 4.92 Å². The van der Waals surface area contributed by atoms with Gasteiger partial charge in [0.2, 0.25) is 0 Å². The fourth-order valence-corrected chi connectivity index (χ4v) is 1.79. The molecule has 0 bridgehead atoms. The number of aromatic nitrogens is 1. The number of ether oxygens (including phenoxy) is 1.